The van der Waals surface area contributed by atoms with Gasteiger partial charge in [0.2, 0.25) is 5.95 Å². The minimum atomic E-state index is 0.113. The molecule has 0 radical (unpaired) electrons. The molecular weight excluding hydrogens is 264 g/mol. The smallest absolute Gasteiger partial charge is 0.223 e. The van der Waals surface area contributed by atoms with Gasteiger partial charge in [-0.05, 0) is 6.42 Å². The monoisotopic (exact) mass is 282 g/mol. The van der Waals surface area contributed by atoms with E-state index < -0.39 is 0 Å². The van der Waals surface area contributed by atoms with Crippen LogP contribution >= 0.6 is 11.6 Å². The SMILES string of the molecule is CN(c1cc(Cl)nc(N)n1)C1C2CCOC2C1(C)C. The van der Waals surface area contributed by atoms with Crippen molar-refractivity contribution in [2.45, 2.75) is 32.4 Å². The lowest BCUT2D eigenvalue weighted by Gasteiger charge is -2.58. The molecule has 1 aromatic rings. The molecule has 5 nitrogen and oxygen atoms in total. The number of halogens is 1. The summed E-state index contributed by atoms with van der Waals surface area (Å²) in [4.78, 5) is 10.4. The second kappa shape index (κ2) is 4.21. The Bertz CT molecular complexity index is 487. The van der Waals surface area contributed by atoms with Crippen LogP contribution in [0.2, 0.25) is 5.15 Å². The fourth-order valence-corrected chi connectivity index (χ4v) is 4.01. The van der Waals surface area contributed by atoms with Crippen LogP contribution in [0.25, 0.3) is 0 Å². The number of hydrogen-bond donors (Lipinski definition) is 1. The van der Waals surface area contributed by atoms with Gasteiger partial charge in [-0.15, -0.1) is 0 Å². The van der Waals surface area contributed by atoms with E-state index in [9.17, 15) is 0 Å². The molecule has 104 valence electrons. The van der Waals surface area contributed by atoms with Crippen molar-refractivity contribution in [3.05, 3.63) is 11.2 Å². The van der Waals surface area contributed by atoms with Crippen LogP contribution in [0.1, 0.15) is 20.3 Å². The summed E-state index contributed by atoms with van der Waals surface area (Å²) in [5, 5.41) is 0.380. The van der Waals surface area contributed by atoms with Crippen molar-refractivity contribution in [3.8, 4) is 0 Å². The Hall–Kier alpha value is -1.07. The highest BCUT2D eigenvalue weighted by molar-refractivity contribution is 6.29. The number of hydrogen-bond acceptors (Lipinski definition) is 5. The zero-order chi connectivity index (χ0) is 13.8. The highest BCUT2D eigenvalue weighted by Crippen LogP contribution is 2.54. The predicted octanol–water partition coefficient (Wildman–Crippen LogP) is 1.96. The van der Waals surface area contributed by atoms with E-state index in [1.165, 1.54) is 0 Å². The third kappa shape index (κ3) is 1.87. The lowest BCUT2D eigenvalue weighted by Crippen LogP contribution is -2.66. The molecule has 19 heavy (non-hydrogen) atoms. The number of anilines is 2. The molecule has 0 amide bonds. The van der Waals surface area contributed by atoms with Crippen molar-refractivity contribution in [2.24, 2.45) is 11.3 Å². The minimum absolute atomic E-state index is 0.113. The Morgan fingerprint density at radius 2 is 2.21 bits per heavy atom. The van der Waals surface area contributed by atoms with E-state index >= 15 is 0 Å². The van der Waals surface area contributed by atoms with Crippen LogP contribution in [0.4, 0.5) is 11.8 Å². The molecule has 2 aliphatic rings. The molecule has 0 spiro atoms. The largest absolute Gasteiger partial charge is 0.377 e. The first-order valence-electron chi connectivity index (χ1n) is 6.56. The third-order valence-corrected chi connectivity index (χ3v) is 4.71. The van der Waals surface area contributed by atoms with Gasteiger partial charge in [-0.3, -0.25) is 0 Å². The van der Waals surface area contributed by atoms with Crippen LogP contribution in [-0.4, -0.2) is 35.8 Å². The molecule has 3 rings (SSSR count). The highest BCUT2D eigenvalue weighted by atomic mass is 35.5. The van der Waals surface area contributed by atoms with Gasteiger partial charge in [0.05, 0.1) is 6.10 Å². The molecule has 1 aromatic heterocycles. The van der Waals surface area contributed by atoms with Gasteiger partial charge >= 0.3 is 0 Å². The molecule has 2 heterocycles. The quantitative estimate of drug-likeness (QED) is 0.840. The fourth-order valence-electron chi connectivity index (χ4n) is 3.83. The van der Waals surface area contributed by atoms with Crippen molar-refractivity contribution < 1.29 is 4.74 Å². The van der Waals surface area contributed by atoms with E-state index in [1.807, 2.05) is 7.05 Å². The van der Waals surface area contributed by atoms with Crippen LogP contribution in [0.15, 0.2) is 6.07 Å². The number of aromatic nitrogens is 2. The second-order valence-corrected chi connectivity index (χ2v) is 6.42. The summed E-state index contributed by atoms with van der Waals surface area (Å²) < 4.78 is 5.82. The summed E-state index contributed by atoms with van der Waals surface area (Å²) in [5.41, 5.74) is 5.79. The molecule has 0 aromatic carbocycles. The van der Waals surface area contributed by atoms with Crippen molar-refractivity contribution in [1.82, 2.24) is 9.97 Å². The maximum absolute atomic E-state index is 5.96. The summed E-state index contributed by atoms with van der Waals surface area (Å²) in [5.74, 6) is 1.56. The molecule has 2 fully saturated rings. The molecule has 3 unspecified atom stereocenters. The van der Waals surface area contributed by atoms with Crippen molar-refractivity contribution >= 4 is 23.4 Å². The lowest BCUT2D eigenvalue weighted by molar-refractivity contribution is -0.101. The first-order valence-corrected chi connectivity index (χ1v) is 6.93. The van der Waals surface area contributed by atoms with Crippen LogP contribution in [0, 0.1) is 11.3 Å². The maximum atomic E-state index is 5.96. The fraction of sp³-hybridized carbons (Fsp3) is 0.692. The van der Waals surface area contributed by atoms with E-state index in [0.29, 0.717) is 23.2 Å². The summed E-state index contributed by atoms with van der Waals surface area (Å²) in [6, 6.07) is 2.15. The molecule has 2 N–H and O–H groups in total. The zero-order valence-corrected chi connectivity index (χ0v) is 12.2. The van der Waals surface area contributed by atoms with Gasteiger partial charge in [0.15, 0.2) is 0 Å². The van der Waals surface area contributed by atoms with Crippen LogP contribution in [-0.2, 0) is 4.74 Å². The Labute approximate surface area is 118 Å². The Morgan fingerprint density at radius 1 is 1.47 bits per heavy atom. The van der Waals surface area contributed by atoms with Gasteiger partial charge < -0.3 is 15.4 Å². The standard InChI is InChI=1S/C13H19ClN4O/c1-13(2)10(7-4-5-19-11(7)13)18(3)9-6-8(14)16-12(15)17-9/h6-7,10-11H,4-5H2,1-3H3,(H2,15,16,17). The van der Waals surface area contributed by atoms with Crippen molar-refractivity contribution in [1.29, 1.82) is 0 Å². The average Bonchev–Trinajstić information content (AvgIpc) is 2.73. The predicted molar refractivity (Wildman–Crippen MR) is 75.3 cm³/mol. The Balaban J connectivity index is 1.89. The summed E-state index contributed by atoms with van der Waals surface area (Å²) >= 11 is 5.96. The molecule has 0 bridgehead atoms. The molecule has 1 aliphatic carbocycles. The number of fused-ring (bicyclic) bond motifs is 1. The lowest BCUT2D eigenvalue weighted by atomic mass is 9.57. The molecule has 6 heteroatoms. The number of ether oxygens (including phenoxy) is 1. The zero-order valence-electron chi connectivity index (χ0n) is 11.4. The number of nitrogens with zero attached hydrogens (tertiary/aromatic N) is 3. The highest BCUT2D eigenvalue weighted by Gasteiger charge is 2.61. The van der Waals surface area contributed by atoms with Gasteiger partial charge in [0.25, 0.3) is 0 Å². The number of rotatable bonds is 2. The minimum Gasteiger partial charge on any atom is -0.377 e. The number of nitrogen functional groups attached to an aromatic ring is 1. The molecule has 1 saturated heterocycles. The van der Waals surface area contributed by atoms with E-state index in [0.717, 1.165) is 18.8 Å². The Morgan fingerprint density at radius 3 is 2.89 bits per heavy atom. The van der Waals surface area contributed by atoms with Crippen molar-refractivity contribution in [2.75, 3.05) is 24.3 Å². The molecule has 1 saturated carbocycles. The first-order chi connectivity index (χ1) is 8.91. The first kappa shape index (κ1) is 12.9. The summed E-state index contributed by atoms with van der Waals surface area (Å²) in [6.45, 7) is 5.34. The van der Waals surface area contributed by atoms with E-state index in [2.05, 4.69) is 28.7 Å². The van der Waals surface area contributed by atoms with Gasteiger partial charge in [-0.2, -0.15) is 4.98 Å². The van der Waals surface area contributed by atoms with Gasteiger partial charge in [0.1, 0.15) is 11.0 Å². The molecule has 1 aliphatic heterocycles. The van der Waals surface area contributed by atoms with Crippen LogP contribution < -0.4 is 10.6 Å². The summed E-state index contributed by atoms with van der Waals surface area (Å²) in [7, 11) is 2.04. The van der Waals surface area contributed by atoms with Crippen molar-refractivity contribution in [3.63, 3.8) is 0 Å². The third-order valence-electron chi connectivity index (χ3n) is 4.52. The Kier molecular flexibility index (Phi) is 2.87. The van der Waals surface area contributed by atoms with Gasteiger partial charge in [-0.1, -0.05) is 25.4 Å². The second-order valence-electron chi connectivity index (χ2n) is 6.03. The maximum Gasteiger partial charge on any atom is 0.223 e. The normalized spacial score (nSPS) is 31.7. The van der Waals surface area contributed by atoms with E-state index in [4.69, 9.17) is 22.1 Å². The van der Waals surface area contributed by atoms with Crippen LogP contribution in [0.3, 0.4) is 0 Å². The average molecular weight is 283 g/mol. The van der Waals surface area contributed by atoms with Gasteiger partial charge in [-0.25, -0.2) is 4.98 Å². The van der Waals surface area contributed by atoms with E-state index in [1.54, 1.807) is 6.07 Å². The van der Waals surface area contributed by atoms with E-state index in [-0.39, 0.29) is 11.4 Å². The van der Waals surface area contributed by atoms with Gasteiger partial charge in [0, 0.05) is 37.1 Å². The summed E-state index contributed by atoms with van der Waals surface area (Å²) in [6.07, 6.45) is 1.46. The molecule has 3 atom stereocenters. The van der Waals surface area contributed by atoms with Crippen LogP contribution in [0.5, 0.6) is 0 Å². The topological polar surface area (TPSA) is 64.3 Å². The molecular formula is C13H19ClN4O. The number of nitrogens with two attached hydrogens (primary N) is 1.